The predicted octanol–water partition coefficient (Wildman–Crippen LogP) is 2.45. The van der Waals surface area contributed by atoms with Gasteiger partial charge in [0.25, 0.3) is 0 Å². The molecule has 1 aliphatic rings. The van der Waals surface area contributed by atoms with Crippen LogP contribution in [0.5, 0.6) is 0 Å². The molecule has 3 rings (SSSR count). The molecule has 2 aromatic heterocycles. The first-order valence-electron chi connectivity index (χ1n) is 11.0. The molecular formula is C23H34N7O+. The number of carbonyl (C=O) groups excluding carboxylic acids is 1. The van der Waals surface area contributed by atoms with E-state index in [-0.39, 0.29) is 12.1 Å². The Hall–Kier alpha value is -2.84. The van der Waals surface area contributed by atoms with Crippen molar-refractivity contribution in [2.24, 2.45) is 5.92 Å². The molecule has 5 N–H and O–H groups in total. The summed E-state index contributed by atoms with van der Waals surface area (Å²) in [6.07, 6.45) is 9.49. The third-order valence-electron chi connectivity index (χ3n) is 5.47. The van der Waals surface area contributed by atoms with E-state index >= 15 is 0 Å². The number of nitrogens with two attached hydrogens (primary N) is 1. The van der Waals surface area contributed by atoms with E-state index in [0.717, 1.165) is 42.6 Å². The number of quaternary nitrogens is 1. The average molecular weight is 425 g/mol. The Morgan fingerprint density at radius 3 is 2.81 bits per heavy atom. The van der Waals surface area contributed by atoms with Gasteiger partial charge in [0.05, 0.1) is 23.2 Å². The van der Waals surface area contributed by atoms with Crippen LogP contribution in [-0.4, -0.2) is 60.3 Å². The number of amides is 2. The SMILES string of the molecule is CC(C[NH2+]C=C(C=N)c1cnc2ccc(NC(=O)NC3CCCC3)nc2c1)CN(C)C. The molecule has 0 aromatic carbocycles. The fourth-order valence-corrected chi connectivity index (χ4v) is 3.99. The van der Waals surface area contributed by atoms with Gasteiger partial charge in [-0.05, 0) is 45.1 Å². The van der Waals surface area contributed by atoms with Gasteiger partial charge >= 0.3 is 6.03 Å². The van der Waals surface area contributed by atoms with Crippen LogP contribution in [0, 0.1) is 11.3 Å². The molecule has 1 unspecified atom stereocenters. The Morgan fingerprint density at radius 1 is 1.32 bits per heavy atom. The van der Waals surface area contributed by atoms with Crippen LogP contribution in [0.4, 0.5) is 10.6 Å². The smallest absolute Gasteiger partial charge is 0.320 e. The van der Waals surface area contributed by atoms with Crippen LogP contribution in [0.3, 0.4) is 0 Å². The van der Waals surface area contributed by atoms with Gasteiger partial charge in [-0.3, -0.25) is 10.3 Å². The van der Waals surface area contributed by atoms with Gasteiger partial charge in [0.2, 0.25) is 0 Å². The topological polar surface area (TPSA) is 111 Å². The molecule has 1 atom stereocenters. The maximum atomic E-state index is 12.2. The van der Waals surface area contributed by atoms with Crippen molar-refractivity contribution >= 4 is 34.7 Å². The van der Waals surface area contributed by atoms with Crippen molar-refractivity contribution < 1.29 is 10.1 Å². The molecule has 2 amide bonds. The number of carbonyl (C=O) groups is 1. The lowest BCUT2D eigenvalue weighted by atomic mass is 10.1. The Morgan fingerprint density at radius 2 is 2.10 bits per heavy atom. The largest absolute Gasteiger partial charge is 0.335 e. The fraction of sp³-hybridized carbons (Fsp3) is 0.478. The van der Waals surface area contributed by atoms with Crippen molar-refractivity contribution in [2.75, 3.05) is 32.5 Å². The molecule has 1 aliphatic carbocycles. The van der Waals surface area contributed by atoms with Gasteiger partial charge in [0.1, 0.15) is 12.0 Å². The van der Waals surface area contributed by atoms with Crippen LogP contribution in [0.15, 0.2) is 30.6 Å². The van der Waals surface area contributed by atoms with Crippen molar-refractivity contribution in [3.05, 3.63) is 36.2 Å². The van der Waals surface area contributed by atoms with E-state index in [1.165, 1.54) is 19.1 Å². The molecule has 1 fully saturated rings. The van der Waals surface area contributed by atoms with Crippen LogP contribution >= 0.6 is 0 Å². The second-order valence-electron chi connectivity index (χ2n) is 8.64. The first kappa shape index (κ1) is 22.8. The molecule has 1 saturated carbocycles. The number of allylic oxidation sites excluding steroid dienone is 1. The Labute approximate surface area is 184 Å². The number of pyridine rings is 2. The second-order valence-corrected chi connectivity index (χ2v) is 8.64. The molecule has 0 radical (unpaired) electrons. The van der Waals surface area contributed by atoms with E-state index < -0.39 is 0 Å². The normalized spacial score (nSPS) is 15.9. The highest BCUT2D eigenvalue weighted by Crippen LogP contribution is 2.19. The van der Waals surface area contributed by atoms with E-state index in [0.29, 0.717) is 17.3 Å². The van der Waals surface area contributed by atoms with Crippen molar-refractivity contribution in [3.63, 3.8) is 0 Å². The zero-order chi connectivity index (χ0) is 22.2. The van der Waals surface area contributed by atoms with Crippen molar-refractivity contribution in [1.82, 2.24) is 20.2 Å². The monoisotopic (exact) mass is 424 g/mol. The molecule has 8 heteroatoms. The summed E-state index contributed by atoms with van der Waals surface area (Å²) in [6.45, 7) is 4.18. The summed E-state index contributed by atoms with van der Waals surface area (Å²) in [5.41, 5.74) is 3.05. The summed E-state index contributed by atoms with van der Waals surface area (Å²) < 4.78 is 0. The zero-order valence-electron chi connectivity index (χ0n) is 18.7. The quantitative estimate of drug-likeness (QED) is 0.463. The summed E-state index contributed by atoms with van der Waals surface area (Å²) in [4.78, 5) is 23.5. The lowest BCUT2D eigenvalue weighted by Gasteiger charge is -2.14. The first-order chi connectivity index (χ1) is 14.9. The van der Waals surface area contributed by atoms with Crippen LogP contribution in [0.2, 0.25) is 0 Å². The number of nitrogens with one attached hydrogen (secondary N) is 3. The minimum absolute atomic E-state index is 0.218. The number of hydrogen-bond donors (Lipinski definition) is 4. The van der Waals surface area contributed by atoms with Crippen LogP contribution < -0.4 is 16.0 Å². The molecule has 0 spiro atoms. The third-order valence-corrected chi connectivity index (χ3v) is 5.47. The number of nitrogens with zero attached hydrogens (tertiary/aromatic N) is 3. The van der Waals surface area contributed by atoms with E-state index in [1.54, 1.807) is 12.3 Å². The molecule has 2 aromatic rings. The van der Waals surface area contributed by atoms with Gasteiger partial charge in [0, 0.05) is 36.5 Å². The molecule has 166 valence electrons. The number of fused-ring (bicyclic) bond motifs is 1. The Balaban J connectivity index is 1.68. The van der Waals surface area contributed by atoms with Gasteiger partial charge in [-0.15, -0.1) is 0 Å². The number of aromatic nitrogens is 2. The standard InChI is InChI=1S/C23H33N7O/c1-16(15-30(2)3)12-25-13-18(11-24)17-10-21-20(26-14-17)8-9-22(28-21)29-23(31)27-19-6-4-5-7-19/h8-11,13-14,16,19,24-25H,4-7,12,15H2,1-3H3,(H2,27,28,29,31)/p+1. The van der Waals surface area contributed by atoms with Crippen molar-refractivity contribution in [1.29, 1.82) is 5.41 Å². The van der Waals surface area contributed by atoms with Gasteiger partial charge in [-0.2, -0.15) is 0 Å². The van der Waals surface area contributed by atoms with Crippen LogP contribution in [0.25, 0.3) is 16.6 Å². The van der Waals surface area contributed by atoms with Crippen LogP contribution in [-0.2, 0) is 0 Å². The average Bonchev–Trinajstić information content (AvgIpc) is 3.23. The van der Waals surface area contributed by atoms with Gasteiger partial charge < -0.3 is 20.9 Å². The van der Waals surface area contributed by atoms with E-state index in [1.807, 2.05) is 18.3 Å². The van der Waals surface area contributed by atoms with E-state index in [2.05, 4.69) is 51.8 Å². The van der Waals surface area contributed by atoms with Gasteiger partial charge in [0.15, 0.2) is 0 Å². The summed E-state index contributed by atoms with van der Waals surface area (Å²) in [5.74, 6) is 1.03. The maximum Gasteiger partial charge on any atom is 0.320 e. The highest BCUT2D eigenvalue weighted by molar-refractivity contribution is 6.08. The molecular weight excluding hydrogens is 390 g/mol. The Bertz CT molecular complexity index is 935. The summed E-state index contributed by atoms with van der Waals surface area (Å²) in [6, 6.07) is 5.56. The minimum atomic E-state index is -0.218. The predicted molar refractivity (Wildman–Crippen MR) is 125 cm³/mol. The highest BCUT2D eigenvalue weighted by Gasteiger charge is 2.17. The highest BCUT2D eigenvalue weighted by atomic mass is 16.2. The lowest BCUT2D eigenvalue weighted by Crippen LogP contribution is -2.80. The van der Waals surface area contributed by atoms with E-state index in [4.69, 9.17) is 5.41 Å². The molecule has 31 heavy (non-hydrogen) atoms. The second kappa shape index (κ2) is 11.0. The molecule has 2 heterocycles. The van der Waals surface area contributed by atoms with E-state index in [9.17, 15) is 4.79 Å². The molecule has 0 saturated heterocycles. The number of urea groups is 1. The molecule has 8 nitrogen and oxygen atoms in total. The fourth-order valence-electron chi connectivity index (χ4n) is 3.99. The van der Waals surface area contributed by atoms with Gasteiger partial charge in [-0.1, -0.05) is 19.8 Å². The molecule has 0 aliphatic heterocycles. The summed E-state index contributed by atoms with van der Waals surface area (Å²) in [5, 5.41) is 15.8. The zero-order valence-corrected chi connectivity index (χ0v) is 18.7. The van der Waals surface area contributed by atoms with Crippen molar-refractivity contribution in [3.8, 4) is 0 Å². The number of anilines is 1. The number of rotatable bonds is 9. The maximum absolute atomic E-state index is 12.2. The minimum Gasteiger partial charge on any atom is -0.335 e. The number of hydrogen-bond acceptors (Lipinski definition) is 5. The first-order valence-corrected chi connectivity index (χ1v) is 11.0. The Kier molecular flexibility index (Phi) is 8.08. The van der Waals surface area contributed by atoms with Gasteiger partial charge in [-0.25, -0.2) is 9.78 Å². The lowest BCUT2D eigenvalue weighted by molar-refractivity contribution is -0.593. The third kappa shape index (κ3) is 6.83. The van der Waals surface area contributed by atoms with Crippen molar-refractivity contribution in [2.45, 2.75) is 38.6 Å². The summed E-state index contributed by atoms with van der Waals surface area (Å²) in [7, 11) is 4.15. The summed E-state index contributed by atoms with van der Waals surface area (Å²) >= 11 is 0. The van der Waals surface area contributed by atoms with Crippen LogP contribution in [0.1, 0.15) is 38.2 Å². The molecule has 0 bridgehead atoms.